The number of fused-ring (bicyclic) bond motifs is 1. The van der Waals surface area contributed by atoms with Crippen LogP contribution >= 0.6 is 0 Å². The van der Waals surface area contributed by atoms with Crippen molar-refractivity contribution < 1.29 is 15.0 Å². The largest absolute Gasteiger partial charge is 0.394 e. The fraction of sp³-hybridized carbons (Fsp3) is 0.286. The van der Waals surface area contributed by atoms with Crippen molar-refractivity contribution in [1.82, 2.24) is 10.3 Å². The molecule has 0 saturated heterocycles. The number of amides is 1. The summed E-state index contributed by atoms with van der Waals surface area (Å²) in [6.07, 6.45) is 1.56. The van der Waals surface area contributed by atoms with Gasteiger partial charge < -0.3 is 15.5 Å². The Kier molecular flexibility index (Phi) is 3.78. The number of hydrogen-bond donors (Lipinski definition) is 3. The topological polar surface area (TPSA) is 82.5 Å². The summed E-state index contributed by atoms with van der Waals surface area (Å²) in [5, 5.41) is 22.6. The highest BCUT2D eigenvalue weighted by Crippen LogP contribution is 2.16. The summed E-state index contributed by atoms with van der Waals surface area (Å²) in [7, 11) is 0. The van der Waals surface area contributed by atoms with Gasteiger partial charge in [0.15, 0.2) is 0 Å². The second kappa shape index (κ2) is 5.34. The molecule has 0 saturated carbocycles. The van der Waals surface area contributed by atoms with Crippen LogP contribution in [0.5, 0.6) is 0 Å². The normalized spacial score (nSPS) is 11.5. The zero-order chi connectivity index (χ0) is 13.9. The van der Waals surface area contributed by atoms with Crippen LogP contribution in [0.1, 0.15) is 17.4 Å². The monoisotopic (exact) mass is 260 g/mol. The minimum absolute atomic E-state index is 0.284. The quantitative estimate of drug-likeness (QED) is 0.756. The van der Waals surface area contributed by atoms with Gasteiger partial charge in [-0.25, -0.2) is 0 Å². The van der Waals surface area contributed by atoms with Crippen molar-refractivity contribution in [1.29, 1.82) is 0 Å². The minimum atomic E-state index is -1.06. The Bertz CT molecular complexity index is 589. The number of aliphatic hydroxyl groups is 2. The molecule has 0 bridgehead atoms. The van der Waals surface area contributed by atoms with Crippen molar-refractivity contribution in [3.63, 3.8) is 0 Å². The summed E-state index contributed by atoms with van der Waals surface area (Å²) in [6, 6.07) is 9.24. The van der Waals surface area contributed by atoms with E-state index in [9.17, 15) is 15.0 Å². The molecule has 1 amide bonds. The smallest absolute Gasteiger partial charge is 0.271 e. The molecule has 0 radical (unpaired) electrons. The molecule has 0 aliphatic heterocycles. The first kappa shape index (κ1) is 13.5. The fourth-order valence-electron chi connectivity index (χ4n) is 1.76. The van der Waals surface area contributed by atoms with Crippen molar-refractivity contribution >= 4 is 16.7 Å². The molecule has 1 heterocycles. The number of nitrogens with zero attached hydrogens (tertiary/aromatic N) is 1. The van der Waals surface area contributed by atoms with Crippen LogP contribution in [-0.2, 0) is 0 Å². The Morgan fingerprint density at radius 1 is 1.26 bits per heavy atom. The van der Waals surface area contributed by atoms with Gasteiger partial charge in [0, 0.05) is 11.6 Å². The molecule has 2 aromatic rings. The van der Waals surface area contributed by atoms with Crippen LogP contribution in [0.15, 0.2) is 36.5 Å². The summed E-state index contributed by atoms with van der Waals surface area (Å²) in [4.78, 5) is 16.3. The van der Waals surface area contributed by atoms with Gasteiger partial charge in [0.05, 0.1) is 18.8 Å². The van der Waals surface area contributed by atoms with Crippen molar-refractivity contribution in [3.05, 3.63) is 42.2 Å². The van der Waals surface area contributed by atoms with Crippen molar-refractivity contribution in [2.24, 2.45) is 0 Å². The van der Waals surface area contributed by atoms with Gasteiger partial charge in [-0.15, -0.1) is 0 Å². The molecule has 2 rings (SSSR count). The Morgan fingerprint density at radius 3 is 2.63 bits per heavy atom. The zero-order valence-electron chi connectivity index (χ0n) is 10.6. The maximum absolute atomic E-state index is 12.2. The lowest BCUT2D eigenvalue weighted by molar-refractivity contribution is 0.0721. The van der Waals surface area contributed by atoms with Crippen molar-refractivity contribution in [3.8, 4) is 0 Å². The van der Waals surface area contributed by atoms with E-state index in [2.05, 4.69) is 10.3 Å². The van der Waals surface area contributed by atoms with Crippen molar-refractivity contribution in [2.45, 2.75) is 12.5 Å². The summed E-state index contributed by atoms with van der Waals surface area (Å²) >= 11 is 0. The highest BCUT2D eigenvalue weighted by molar-refractivity contribution is 6.05. The highest BCUT2D eigenvalue weighted by Gasteiger charge is 2.26. The summed E-state index contributed by atoms with van der Waals surface area (Å²) in [5.74, 6) is -0.414. The first-order chi connectivity index (χ1) is 9.09. The molecule has 5 heteroatoms. The van der Waals surface area contributed by atoms with E-state index in [-0.39, 0.29) is 18.9 Å². The van der Waals surface area contributed by atoms with Gasteiger partial charge in [0.25, 0.3) is 5.91 Å². The second-order valence-corrected chi connectivity index (χ2v) is 4.71. The molecule has 1 aromatic carbocycles. The predicted octanol–water partition coefficient (Wildman–Crippen LogP) is 0.708. The van der Waals surface area contributed by atoms with E-state index in [1.807, 2.05) is 30.3 Å². The molecule has 100 valence electrons. The number of nitrogens with one attached hydrogen (secondary N) is 1. The molecular weight excluding hydrogens is 244 g/mol. The van der Waals surface area contributed by atoms with Crippen LogP contribution in [0.25, 0.3) is 10.8 Å². The van der Waals surface area contributed by atoms with E-state index < -0.39 is 11.4 Å². The summed E-state index contributed by atoms with van der Waals surface area (Å²) < 4.78 is 0. The number of aliphatic hydroxyl groups excluding tert-OH is 2. The van der Waals surface area contributed by atoms with Gasteiger partial charge in [-0.3, -0.25) is 9.78 Å². The second-order valence-electron chi connectivity index (χ2n) is 4.71. The molecule has 0 fully saturated rings. The molecular formula is C14H16N2O3. The van der Waals surface area contributed by atoms with Crippen LogP contribution in [0.4, 0.5) is 0 Å². The molecule has 0 aliphatic carbocycles. The van der Waals surface area contributed by atoms with Gasteiger partial charge in [0.1, 0.15) is 5.69 Å². The lowest BCUT2D eigenvalue weighted by Gasteiger charge is -2.26. The highest BCUT2D eigenvalue weighted by atomic mass is 16.3. The van der Waals surface area contributed by atoms with E-state index in [0.717, 1.165) is 10.8 Å². The number of pyridine rings is 1. The van der Waals surface area contributed by atoms with E-state index in [0.29, 0.717) is 0 Å². The maximum Gasteiger partial charge on any atom is 0.271 e. The molecule has 0 aliphatic rings. The van der Waals surface area contributed by atoms with Crippen LogP contribution in [-0.4, -0.2) is 39.9 Å². The van der Waals surface area contributed by atoms with Crippen LogP contribution in [0.2, 0.25) is 0 Å². The minimum Gasteiger partial charge on any atom is -0.394 e. The molecule has 19 heavy (non-hydrogen) atoms. The number of aromatic nitrogens is 1. The third kappa shape index (κ3) is 2.72. The lowest BCUT2D eigenvalue weighted by Crippen LogP contribution is -2.51. The number of hydrogen-bond acceptors (Lipinski definition) is 4. The van der Waals surface area contributed by atoms with Gasteiger partial charge in [-0.1, -0.05) is 24.3 Å². The molecule has 0 unspecified atom stereocenters. The Balaban J connectivity index is 2.37. The SMILES string of the molecule is CC(CO)(CO)NC(=O)c1nccc2ccccc12. The van der Waals surface area contributed by atoms with Crippen LogP contribution in [0.3, 0.4) is 0 Å². The van der Waals surface area contributed by atoms with Crippen molar-refractivity contribution in [2.75, 3.05) is 13.2 Å². The molecule has 5 nitrogen and oxygen atoms in total. The number of carbonyl (C=O) groups excluding carboxylic acids is 1. The van der Waals surface area contributed by atoms with Gasteiger partial charge in [-0.05, 0) is 18.4 Å². The molecule has 1 aromatic heterocycles. The van der Waals surface area contributed by atoms with Gasteiger partial charge in [0.2, 0.25) is 0 Å². The average Bonchev–Trinajstić information content (AvgIpc) is 2.46. The number of carbonyl (C=O) groups is 1. The lowest BCUT2D eigenvalue weighted by atomic mass is 10.0. The Morgan fingerprint density at radius 2 is 1.95 bits per heavy atom. The van der Waals surface area contributed by atoms with Gasteiger partial charge >= 0.3 is 0 Å². The van der Waals surface area contributed by atoms with Crippen LogP contribution < -0.4 is 5.32 Å². The zero-order valence-corrected chi connectivity index (χ0v) is 10.6. The fourth-order valence-corrected chi connectivity index (χ4v) is 1.76. The molecule has 0 spiro atoms. The maximum atomic E-state index is 12.2. The summed E-state index contributed by atoms with van der Waals surface area (Å²) in [5.41, 5.74) is -0.776. The number of rotatable bonds is 4. The first-order valence-electron chi connectivity index (χ1n) is 5.97. The average molecular weight is 260 g/mol. The van der Waals surface area contributed by atoms with E-state index in [1.165, 1.54) is 0 Å². The Labute approximate surface area is 110 Å². The third-order valence-electron chi connectivity index (χ3n) is 3.00. The summed E-state index contributed by atoms with van der Waals surface area (Å²) in [6.45, 7) is 0.871. The molecule has 3 N–H and O–H groups in total. The van der Waals surface area contributed by atoms with E-state index in [1.54, 1.807) is 13.1 Å². The Hall–Kier alpha value is -1.98. The standard InChI is InChI=1S/C14H16N2O3/c1-14(8-17,9-18)16-13(19)12-11-5-3-2-4-10(11)6-7-15-12/h2-7,17-18H,8-9H2,1H3,(H,16,19). The van der Waals surface area contributed by atoms with E-state index in [4.69, 9.17) is 0 Å². The predicted molar refractivity (Wildman–Crippen MR) is 71.8 cm³/mol. The molecule has 0 atom stereocenters. The first-order valence-corrected chi connectivity index (χ1v) is 5.97. The van der Waals surface area contributed by atoms with Gasteiger partial charge in [-0.2, -0.15) is 0 Å². The van der Waals surface area contributed by atoms with E-state index >= 15 is 0 Å². The number of benzene rings is 1. The third-order valence-corrected chi connectivity index (χ3v) is 3.00. The van der Waals surface area contributed by atoms with Crippen LogP contribution in [0, 0.1) is 0 Å².